The molecule has 0 amide bonds. The molecule has 24 heavy (non-hydrogen) atoms. The Labute approximate surface area is 145 Å². The van der Waals surface area contributed by atoms with Crippen molar-refractivity contribution in [2.45, 2.75) is 38.5 Å². The second-order valence-electron chi connectivity index (χ2n) is 6.72. The smallest absolute Gasteiger partial charge is 0.306 e. The van der Waals surface area contributed by atoms with Crippen LogP contribution in [0.1, 0.15) is 25.3 Å². The molecule has 0 aliphatic carbocycles. The van der Waals surface area contributed by atoms with Gasteiger partial charge in [0.05, 0.1) is 31.4 Å². The van der Waals surface area contributed by atoms with E-state index in [1.54, 1.807) is 11.3 Å². The van der Waals surface area contributed by atoms with Gasteiger partial charge in [0.25, 0.3) is 0 Å². The van der Waals surface area contributed by atoms with Crippen molar-refractivity contribution < 1.29 is 14.6 Å². The van der Waals surface area contributed by atoms with Crippen molar-refractivity contribution in [3.05, 3.63) is 40.7 Å². The summed E-state index contributed by atoms with van der Waals surface area (Å²) in [5.41, 5.74) is 1.97. The number of hydrogen-bond acceptors (Lipinski definition) is 5. The lowest BCUT2D eigenvalue weighted by Gasteiger charge is -2.44. The molecule has 1 aromatic carbocycles. The number of morpholine rings is 1. The van der Waals surface area contributed by atoms with Crippen LogP contribution in [0, 0.1) is 0 Å². The molecule has 1 atom stereocenters. The number of aliphatic carboxylic acids is 1. The summed E-state index contributed by atoms with van der Waals surface area (Å²) in [6, 6.07) is 10.1. The van der Waals surface area contributed by atoms with Crippen LogP contribution < -0.4 is 0 Å². The van der Waals surface area contributed by atoms with Crippen molar-refractivity contribution in [3.63, 3.8) is 0 Å². The molecular weight excluding hydrogens is 324 g/mol. The average molecular weight is 346 g/mol. The zero-order valence-electron chi connectivity index (χ0n) is 13.9. The Morgan fingerprint density at radius 3 is 2.88 bits per heavy atom. The summed E-state index contributed by atoms with van der Waals surface area (Å²) < 4.78 is 5.71. The summed E-state index contributed by atoms with van der Waals surface area (Å²) in [5, 5.41) is 12.1. The Bertz CT molecular complexity index is 699. The Hall–Kier alpha value is -1.76. The predicted molar refractivity (Wildman–Crippen MR) is 94.0 cm³/mol. The molecule has 0 radical (unpaired) electrons. The van der Waals surface area contributed by atoms with E-state index in [4.69, 9.17) is 14.8 Å². The molecular formula is C18H22N2O3S. The predicted octanol–water partition coefficient (Wildman–Crippen LogP) is 3.26. The minimum absolute atomic E-state index is 0.0414. The Morgan fingerprint density at radius 1 is 1.42 bits per heavy atom. The maximum Gasteiger partial charge on any atom is 0.306 e. The van der Waals surface area contributed by atoms with E-state index < -0.39 is 5.97 Å². The molecule has 1 N–H and O–H groups in total. The molecule has 1 saturated heterocycles. The molecule has 2 aromatic rings. The highest BCUT2D eigenvalue weighted by molar-refractivity contribution is 7.09. The first-order chi connectivity index (χ1) is 11.4. The van der Waals surface area contributed by atoms with Gasteiger partial charge in [-0.25, -0.2) is 4.98 Å². The van der Waals surface area contributed by atoms with Crippen LogP contribution in [0.2, 0.25) is 0 Å². The molecule has 0 saturated carbocycles. The van der Waals surface area contributed by atoms with Crippen LogP contribution in [0.5, 0.6) is 0 Å². The number of nitrogens with zero attached hydrogens (tertiary/aromatic N) is 2. The molecule has 0 bridgehead atoms. The van der Waals surface area contributed by atoms with Gasteiger partial charge in [0, 0.05) is 23.0 Å². The van der Waals surface area contributed by atoms with E-state index in [-0.39, 0.29) is 18.1 Å². The Balaban J connectivity index is 1.71. The van der Waals surface area contributed by atoms with Gasteiger partial charge in [-0.15, -0.1) is 11.3 Å². The molecule has 1 aromatic heterocycles. The lowest BCUT2D eigenvalue weighted by Crippen LogP contribution is -2.55. The van der Waals surface area contributed by atoms with Gasteiger partial charge >= 0.3 is 5.97 Å². The first-order valence-electron chi connectivity index (χ1n) is 8.02. The first kappa shape index (κ1) is 17.1. The van der Waals surface area contributed by atoms with Gasteiger partial charge in [-0.3, -0.25) is 9.69 Å². The number of carbonyl (C=O) groups is 1. The third-order valence-electron chi connectivity index (χ3n) is 4.30. The number of ether oxygens (including phenoxy) is 1. The molecule has 5 nitrogen and oxygen atoms in total. The Kier molecular flexibility index (Phi) is 4.99. The average Bonchev–Trinajstić information content (AvgIpc) is 3.00. The zero-order valence-corrected chi connectivity index (χ0v) is 14.8. The van der Waals surface area contributed by atoms with Gasteiger partial charge < -0.3 is 9.84 Å². The van der Waals surface area contributed by atoms with Crippen LogP contribution in [0.15, 0.2) is 35.7 Å². The zero-order chi connectivity index (χ0) is 17.2. The number of aromatic nitrogens is 1. The summed E-state index contributed by atoms with van der Waals surface area (Å²) >= 11 is 1.64. The van der Waals surface area contributed by atoms with Crippen LogP contribution >= 0.6 is 11.3 Å². The molecule has 1 unspecified atom stereocenters. The van der Waals surface area contributed by atoms with E-state index in [9.17, 15) is 4.79 Å². The summed E-state index contributed by atoms with van der Waals surface area (Å²) in [7, 11) is 0. The monoisotopic (exact) mass is 346 g/mol. The molecule has 0 spiro atoms. The summed E-state index contributed by atoms with van der Waals surface area (Å²) in [6.45, 7) is 6.09. The quantitative estimate of drug-likeness (QED) is 0.900. The van der Waals surface area contributed by atoms with Crippen molar-refractivity contribution in [2.24, 2.45) is 0 Å². The fraction of sp³-hybridized carbons (Fsp3) is 0.444. The van der Waals surface area contributed by atoms with Crippen LogP contribution in [-0.4, -0.2) is 45.8 Å². The molecule has 1 aliphatic rings. The molecule has 128 valence electrons. The van der Waals surface area contributed by atoms with E-state index in [1.165, 1.54) is 0 Å². The van der Waals surface area contributed by atoms with E-state index in [2.05, 4.69) is 36.3 Å². The number of rotatable bonds is 5. The van der Waals surface area contributed by atoms with Gasteiger partial charge in [-0.2, -0.15) is 0 Å². The highest BCUT2D eigenvalue weighted by atomic mass is 32.1. The Morgan fingerprint density at radius 2 is 2.17 bits per heavy atom. The summed E-state index contributed by atoms with van der Waals surface area (Å²) in [5.74, 6) is -0.819. The second kappa shape index (κ2) is 7.01. The minimum atomic E-state index is -0.819. The van der Waals surface area contributed by atoms with E-state index in [1.807, 2.05) is 18.2 Å². The fourth-order valence-corrected chi connectivity index (χ4v) is 3.66. The van der Waals surface area contributed by atoms with Crippen LogP contribution in [0.4, 0.5) is 0 Å². The van der Waals surface area contributed by atoms with Gasteiger partial charge in [0.2, 0.25) is 0 Å². The standard InChI is InChI=1S/C18H22N2O3S/c1-18(2)12-23-14(8-17(21)22)9-20(18)10-16-19-15(11-24-16)13-6-4-3-5-7-13/h3-7,11,14H,8-10,12H2,1-2H3,(H,21,22). The number of carboxylic acid groups (broad SMARTS) is 1. The topological polar surface area (TPSA) is 62.7 Å². The largest absolute Gasteiger partial charge is 0.481 e. The van der Waals surface area contributed by atoms with Crippen molar-refractivity contribution in [1.82, 2.24) is 9.88 Å². The first-order valence-corrected chi connectivity index (χ1v) is 8.90. The highest BCUT2D eigenvalue weighted by Crippen LogP contribution is 2.28. The molecule has 3 rings (SSSR count). The summed E-state index contributed by atoms with van der Waals surface area (Å²) in [4.78, 5) is 18.0. The van der Waals surface area contributed by atoms with Crippen molar-refractivity contribution in [1.29, 1.82) is 0 Å². The highest BCUT2D eigenvalue weighted by Gasteiger charge is 2.36. The third kappa shape index (κ3) is 4.01. The normalized spacial score (nSPS) is 20.8. The number of benzene rings is 1. The molecule has 1 aliphatic heterocycles. The number of hydrogen-bond donors (Lipinski definition) is 1. The lowest BCUT2D eigenvalue weighted by molar-refractivity contribution is -0.147. The number of thiazole rings is 1. The van der Waals surface area contributed by atoms with Gasteiger partial charge in [-0.1, -0.05) is 30.3 Å². The van der Waals surface area contributed by atoms with Gasteiger partial charge in [-0.05, 0) is 13.8 Å². The molecule has 1 fully saturated rings. The SMILES string of the molecule is CC1(C)COC(CC(=O)O)CN1Cc1nc(-c2ccccc2)cs1. The molecule has 6 heteroatoms. The van der Waals surface area contributed by atoms with E-state index in [0.717, 1.165) is 16.3 Å². The maximum absolute atomic E-state index is 10.9. The van der Waals surface area contributed by atoms with E-state index in [0.29, 0.717) is 19.7 Å². The van der Waals surface area contributed by atoms with Crippen molar-refractivity contribution in [2.75, 3.05) is 13.2 Å². The minimum Gasteiger partial charge on any atom is -0.481 e. The molecule has 2 heterocycles. The van der Waals surface area contributed by atoms with Crippen LogP contribution in [0.3, 0.4) is 0 Å². The van der Waals surface area contributed by atoms with Crippen molar-refractivity contribution >= 4 is 17.3 Å². The number of carboxylic acids is 1. The maximum atomic E-state index is 10.9. The second-order valence-corrected chi connectivity index (χ2v) is 7.66. The lowest BCUT2D eigenvalue weighted by atomic mass is 10.00. The third-order valence-corrected chi connectivity index (χ3v) is 5.14. The van der Waals surface area contributed by atoms with Crippen LogP contribution in [0.25, 0.3) is 11.3 Å². The summed E-state index contributed by atoms with van der Waals surface area (Å²) in [6.07, 6.45) is -0.219. The van der Waals surface area contributed by atoms with Crippen molar-refractivity contribution in [3.8, 4) is 11.3 Å². The van der Waals surface area contributed by atoms with Crippen LogP contribution in [-0.2, 0) is 16.1 Å². The fourth-order valence-electron chi connectivity index (χ4n) is 2.84. The van der Waals surface area contributed by atoms with Gasteiger partial charge in [0.1, 0.15) is 5.01 Å². The van der Waals surface area contributed by atoms with E-state index >= 15 is 0 Å². The van der Waals surface area contributed by atoms with Gasteiger partial charge in [0.15, 0.2) is 0 Å².